The van der Waals surface area contributed by atoms with Crippen molar-refractivity contribution in [2.45, 2.75) is 18.2 Å². The maximum atomic E-state index is 13.3. The average Bonchev–Trinajstić information content (AvgIpc) is 3.31. The van der Waals surface area contributed by atoms with Gasteiger partial charge in [-0.05, 0) is 59.8 Å². The highest BCUT2D eigenvalue weighted by Crippen LogP contribution is 2.34. The number of methoxy groups -OCH3 is 2. The van der Waals surface area contributed by atoms with E-state index in [9.17, 15) is 13.2 Å². The molecule has 4 rings (SSSR count). The number of rotatable bonds is 8. The summed E-state index contributed by atoms with van der Waals surface area (Å²) in [4.78, 5) is 13.5. The van der Waals surface area contributed by atoms with Crippen molar-refractivity contribution < 1.29 is 22.7 Å². The summed E-state index contributed by atoms with van der Waals surface area (Å²) in [5, 5.41) is 3.77. The van der Waals surface area contributed by atoms with Crippen molar-refractivity contribution >= 4 is 48.7 Å². The Bertz CT molecular complexity index is 1490. The molecule has 1 aromatic heterocycles. The van der Waals surface area contributed by atoms with Crippen molar-refractivity contribution in [2.75, 3.05) is 30.9 Å². The third-order valence-electron chi connectivity index (χ3n) is 5.75. The summed E-state index contributed by atoms with van der Waals surface area (Å²) in [5.74, 6) is 0.580. The Kier molecular flexibility index (Phi) is 7.00. The molecular formula is C26H26N2O5S2. The van der Waals surface area contributed by atoms with Crippen LogP contribution in [0.3, 0.4) is 0 Å². The van der Waals surface area contributed by atoms with Gasteiger partial charge in [0.1, 0.15) is 0 Å². The van der Waals surface area contributed by atoms with Gasteiger partial charge >= 0.3 is 0 Å². The lowest BCUT2D eigenvalue weighted by Gasteiger charge is -2.20. The van der Waals surface area contributed by atoms with E-state index in [-0.39, 0.29) is 10.8 Å². The number of fused-ring (bicyclic) bond motifs is 1. The van der Waals surface area contributed by atoms with Gasteiger partial charge in [-0.3, -0.25) is 9.10 Å². The van der Waals surface area contributed by atoms with Crippen molar-refractivity contribution in [2.24, 2.45) is 0 Å². The lowest BCUT2D eigenvalue weighted by Crippen LogP contribution is -2.26. The first-order valence-electron chi connectivity index (χ1n) is 10.9. The summed E-state index contributed by atoms with van der Waals surface area (Å²) in [6.07, 6.45) is 0.813. The van der Waals surface area contributed by atoms with E-state index < -0.39 is 10.0 Å². The second-order valence-corrected chi connectivity index (χ2v) is 10.8. The van der Waals surface area contributed by atoms with Gasteiger partial charge in [0, 0.05) is 23.5 Å². The zero-order valence-electron chi connectivity index (χ0n) is 19.9. The molecule has 1 N–H and O–H groups in total. The number of carbonyl (C=O) groups excluding carboxylic acids is 1. The molecule has 0 saturated heterocycles. The Hall–Kier alpha value is -3.56. The topological polar surface area (TPSA) is 84.9 Å². The highest BCUT2D eigenvalue weighted by molar-refractivity contribution is 7.92. The van der Waals surface area contributed by atoms with E-state index in [2.05, 4.69) is 5.32 Å². The number of carbonyl (C=O) groups is 1. The Morgan fingerprint density at radius 2 is 1.71 bits per heavy atom. The Labute approximate surface area is 209 Å². The molecule has 182 valence electrons. The van der Waals surface area contributed by atoms with E-state index in [1.54, 1.807) is 24.3 Å². The first kappa shape index (κ1) is 24.6. The van der Waals surface area contributed by atoms with Crippen molar-refractivity contribution in [3.63, 3.8) is 0 Å². The molecule has 0 spiro atoms. The summed E-state index contributed by atoms with van der Waals surface area (Å²) < 4.78 is 39.1. The highest BCUT2D eigenvalue weighted by atomic mass is 32.2. The molecule has 7 nitrogen and oxygen atoms in total. The number of aryl methyl sites for hydroxylation is 1. The Balaban J connectivity index is 1.62. The molecule has 0 aliphatic heterocycles. The molecule has 4 aromatic rings. The normalized spacial score (nSPS) is 11.3. The first-order valence-corrected chi connectivity index (χ1v) is 13.2. The van der Waals surface area contributed by atoms with Gasteiger partial charge in [0.05, 0.1) is 29.7 Å². The van der Waals surface area contributed by atoms with Crippen LogP contribution < -0.4 is 19.1 Å². The lowest BCUT2D eigenvalue weighted by molar-refractivity contribution is 0.103. The number of nitrogens with one attached hydrogen (secondary N) is 1. The maximum absolute atomic E-state index is 13.3. The van der Waals surface area contributed by atoms with Gasteiger partial charge in [-0.25, -0.2) is 8.42 Å². The van der Waals surface area contributed by atoms with Crippen LogP contribution in [-0.2, 0) is 16.4 Å². The molecule has 0 fully saturated rings. The average molecular weight is 511 g/mol. The number of ether oxygens (including phenoxy) is 2. The van der Waals surface area contributed by atoms with Gasteiger partial charge in [-0.2, -0.15) is 0 Å². The smallest absolute Gasteiger partial charge is 0.265 e. The van der Waals surface area contributed by atoms with Gasteiger partial charge in [0.15, 0.2) is 11.5 Å². The van der Waals surface area contributed by atoms with Crippen molar-refractivity contribution in [1.82, 2.24) is 0 Å². The first-order chi connectivity index (χ1) is 16.8. The number of sulfonamides is 1. The molecule has 0 atom stereocenters. The van der Waals surface area contributed by atoms with E-state index in [0.29, 0.717) is 22.1 Å². The fraction of sp³-hybridized carbons (Fsp3) is 0.192. The van der Waals surface area contributed by atoms with Crippen LogP contribution >= 0.6 is 11.3 Å². The number of thiophene rings is 1. The molecule has 0 bridgehead atoms. The zero-order valence-corrected chi connectivity index (χ0v) is 21.5. The van der Waals surface area contributed by atoms with Crippen LogP contribution in [0.4, 0.5) is 11.4 Å². The molecular weight excluding hydrogens is 484 g/mol. The minimum absolute atomic E-state index is 0.0812. The van der Waals surface area contributed by atoms with Crippen LogP contribution in [0.25, 0.3) is 10.1 Å². The van der Waals surface area contributed by atoms with Gasteiger partial charge in [0.25, 0.3) is 15.9 Å². The van der Waals surface area contributed by atoms with Crippen LogP contribution in [0.15, 0.2) is 71.6 Å². The number of anilines is 2. The summed E-state index contributed by atoms with van der Waals surface area (Å²) in [7, 11) is 0.587. The van der Waals surface area contributed by atoms with Crippen LogP contribution in [0, 0.1) is 0 Å². The summed E-state index contributed by atoms with van der Waals surface area (Å²) in [6, 6.07) is 19.3. The Morgan fingerprint density at radius 1 is 0.971 bits per heavy atom. The van der Waals surface area contributed by atoms with Gasteiger partial charge in [-0.15, -0.1) is 11.3 Å². The molecule has 0 unspecified atom stereocenters. The quantitative estimate of drug-likeness (QED) is 0.336. The van der Waals surface area contributed by atoms with Gasteiger partial charge in [-0.1, -0.05) is 25.1 Å². The molecule has 0 aliphatic carbocycles. The number of amides is 1. The number of hydrogen-bond acceptors (Lipinski definition) is 6. The fourth-order valence-electron chi connectivity index (χ4n) is 3.75. The second-order valence-electron chi connectivity index (χ2n) is 7.79. The van der Waals surface area contributed by atoms with E-state index in [4.69, 9.17) is 9.47 Å². The van der Waals surface area contributed by atoms with Crippen LogP contribution in [0.1, 0.15) is 22.2 Å². The predicted molar refractivity (Wildman–Crippen MR) is 141 cm³/mol. The highest BCUT2D eigenvalue weighted by Gasteiger charge is 2.24. The van der Waals surface area contributed by atoms with Crippen molar-refractivity contribution in [1.29, 1.82) is 0 Å². The van der Waals surface area contributed by atoms with Crippen LogP contribution in [-0.4, -0.2) is 35.6 Å². The number of hydrogen-bond donors (Lipinski definition) is 1. The number of para-hydroxylation sites is 1. The molecule has 0 aliphatic rings. The van der Waals surface area contributed by atoms with Crippen molar-refractivity contribution in [3.8, 4) is 11.5 Å². The molecule has 3 aromatic carbocycles. The minimum Gasteiger partial charge on any atom is -0.493 e. The summed E-state index contributed by atoms with van der Waals surface area (Å²) >= 11 is 1.36. The molecule has 0 radical (unpaired) electrons. The molecule has 9 heteroatoms. The molecule has 1 amide bonds. The van der Waals surface area contributed by atoms with E-state index in [1.165, 1.54) is 49.0 Å². The SMILES string of the molecule is CCc1ccccc1NC(=O)c1cc2cc(N(C)S(=O)(=O)c3ccc(OC)c(OC)c3)ccc2s1. The third kappa shape index (κ3) is 4.82. The van der Waals surface area contributed by atoms with E-state index >= 15 is 0 Å². The summed E-state index contributed by atoms with van der Waals surface area (Å²) in [5.41, 5.74) is 2.33. The Morgan fingerprint density at radius 3 is 2.43 bits per heavy atom. The predicted octanol–water partition coefficient (Wildman–Crippen LogP) is 5.56. The van der Waals surface area contributed by atoms with E-state index in [1.807, 2.05) is 37.3 Å². The zero-order chi connectivity index (χ0) is 25.2. The standard InChI is InChI=1S/C26H26N2O5S2/c1-5-17-8-6-7-9-21(17)27-26(29)25-15-18-14-19(10-13-24(18)34-25)28(2)35(30,31)20-11-12-22(32-3)23(16-20)33-4/h6-16H,5H2,1-4H3,(H,27,29). The fourth-order valence-corrected chi connectivity index (χ4v) is 5.89. The van der Waals surface area contributed by atoms with Crippen LogP contribution in [0.5, 0.6) is 11.5 Å². The van der Waals surface area contributed by atoms with Crippen molar-refractivity contribution in [3.05, 3.63) is 77.2 Å². The van der Waals surface area contributed by atoms with Gasteiger partial charge < -0.3 is 14.8 Å². The third-order valence-corrected chi connectivity index (χ3v) is 8.64. The maximum Gasteiger partial charge on any atom is 0.265 e. The van der Waals surface area contributed by atoms with Gasteiger partial charge in [0.2, 0.25) is 0 Å². The monoisotopic (exact) mass is 510 g/mol. The van der Waals surface area contributed by atoms with E-state index in [0.717, 1.165) is 27.8 Å². The summed E-state index contributed by atoms with van der Waals surface area (Å²) in [6.45, 7) is 2.04. The molecule has 0 saturated carbocycles. The largest absolute Gasteiger partial charge is 0.493 e. The lowest BCUT2D eigenvalue weighted by atomic mass is 10.1. The number of benzene rings is 3. The second kappa shape index (κ2) is 9.97. The van der Waals surface area contributed by atoms with Crippen LogP contribution in [0.2, 0.25) is 0 Å². The minimum atomic E-state index is -3.85. The molecule has 1 heterocycles. The number of nitrogens with zero attached hydrogens (tertiary/aromatic N) is 1. The molecule has 35 heavy (non-hydrogen) atoms.